The van der Waals surface area contributed by atoms with Gasteiger partial charge in [-0.1, -0.05) is 25.1 Å². The first-order valence-electron chi connectivity index (χ1n) is 6.64. The molecule has 21 heavy (non-hydrogen) atoms. The fourth-order valence-electron chi connectivity index (χ4n) is 2.18. The van der Waals surface area contributed by atoms with Gasteiger partial charge in [0.05, 0.1) is 12.5 Å². The summed E-state index contributed by atoms with van der Waals surface area (Å²) in [5.74, 6) is -1.38. The van der Waals surface area contributed by atoms with Gasteiger partial charge < -0.3 is 10.0 Å². The highest BCUT2D eigenvalue weighted by molar-refractivity contribution is 5.95. The molecule has 0 aliphatic rings. The first-order chi connectivity index (χ1) is 10.1. The molecule has 6 heteroatoms. The number of aromatic nitrogens is 2. The third kappa shape index (κ3) is 2.94. The summed E-state index contributed by atoms with van der Waals surface area (Å²) in [5, 5.41) is 9.16. The van der Waals surface area contributed by atoms with E-state index in [1.165, 1.54) is 24.5 Å². The van der Waals surface area contributed by atoms with Crippen LogP contribution in [0.15, 0.2) is 42.9 Å². The maximum atomic E-state index is 12.5. The van der Waals surface area contributed by atoms with Crippen molar-refractivity contribution in [1.82, 2.24) is 14.5 Å². The number of aliphatic carboxylic acids is 1. The SMILES string of the molecule is CCC(C(=O)O)N(C)C(=O)c1cncn1-c1ccccc1. The molecule has 1 atom stereocenters. The Bertz CT molecular complexity index is 637. The van der Waals surface area contributed by atoms with Gasteiger partial charge in [-0.2, -0.15) is 0 Å². The molecule has 0 spiro atoms. The van der Waals surface area contributed by atoms with E-state index < -0.39 is 12.0 Å². The van der Waals surface area contributed by atoms with Crippen LogP contribution in [0.3, 0.4) is 0 Å². The third-order valence-electron chi connectivity index (χ3n) is 3.35. The Balaban J connectivity index is 2.33. The van der Waals surface area contributed by atoms with Crippen molar-refractivity contribution < 1.29 is 14.7 Å². The van der Waals surface area contributed by atoms with Crippen LogP contribution in [0, 0.1) is 0 Å². The number of nitrogens with zero attached hydrogens (tertiary/aromatic N) is 3. The number of hydrogen-bond acceptors (Lipinski definition) is 3. The molecule has 0 aliphatic carbocycles. The van der Waals surface area contributed by atoms with E-state index in [2.05, 4.69) is 4.98 Å². The molecule has 2 rings (SSSR count). The Kier molecular flexibility index (Phi) is 4.37. The molecule has 0 aliphatic heterocycles. The van der Waals surface area contributed by atoms with E-state index in [0.717, 1.165) is 5.69 Å². The lowest BCUT2D eigenvalue weighted by atomic mass is 10.2. The van der Waals surface area contributed by atoms with Gasteiger partial charge >= 0.3 is 5.97 Å². The maximum Gasteiger partial charge on any atom is 0.326 e. The average Bonchev–Trinajstić information content (AvgIpc) is 2.97. The summed E-state index contributed by atoms with van der Waals surface area (Å²) < 4.78 is 1.65. The van der Waals surface area contributed by atoms with Crippen LogP contribution in [0.1, 0.15) is 23.8 Å². The van der Waals surface area contributed by atoms with Crippen molar-refractivity contribution >= 4 is 11.9 Å². The lowest BCUT2D eigenvalue weighted by Crippen LogP contribution is -2.42. The van der Waals surface area contributed by atoms with Gasteiger partial charge in [-0.3, -0.25) is 9.36 Å². The summed E-state index contributed by atoms with van der Waals surface area (Å²) in [5.41, 5.74) is 1.14. The normalized spacial score (nSPS) is 11.9. The highest BCUT2D eigenvalue weighted by Gasteiger charge is 2.27. The van der Waals surface area contributed by atoms with E-state index in [4.69, 9.17) is 5.11 Å². The quantitative estimate of drug-likeness (QED) is 0.910. The van der Waals surface area contributed by atoms with Crippen molar-refractivity contribution in [2.75, 3.05) is 7.05 Å². The standard InChI is InChI=1S/C15H17N3O3/c1-3-12(15(20)21)17(2)14(19)13-9-16-10-18(13)11-7-5-4-6-8-11/h4-10,12H,3H2,1-2H3,(H,20,21). The summed E-state index contributed by atoms with van der Waals surface area (Å²) in [6.07, 6.45) is 3.33. The Morgan fingerprint density at radius 3 is 2.57 bits per heavy atom. The van der Waals surface area contributed by atoms with Crippen molar-refractivity contribution in [1.29, 1.82) is 0 Å². The van der Waals surface area contributed by atoms with Gasteiger partial charge in [-0.25, -0.2) is 9.78 Å². The van der Waals surface area contributed by atoms with Gasteiger partial charge in [0, 0.05) is 12.7 Å². The Hall–Kier alpha value is -2.63. The van der Waals surface area contributed by atoms with Crippen LogP contribution < -0.4 is 0 Å². The van der Waals surface area contributed by atoms with Gasteiger partial charge in [0.1, 0.15) is 11.7 Å². The van der Waals surface area contributed by atoms with Crippen LogP contribution in [-0.4, -0.2) is 44.5 Å². The van der Waals surface area contributed by atoms with E-state index in [0.29, 0.717) is 12.1 Å². The predicted molar refractivity (Wildman–Crippen MR) is 77.4 cm³/mol. The molecular formula is C15H17N3O3. The van der Waals surface area contributed by atoms with Gasteiger partial charge in [0.25, 0.3) is 5.91 Å². The molecule has 0 fully saturated rings. The number of likely N-dealkylation sites (N-methyl/N-ethyl adjacent to an activating group) is 1. The van der Waals surface area contributed by atoms with Gasteiger partial charge in [0.15, 0.2) is 0 Å². The second kappa shape index (κ2) is 6.21. The first kappa shape index (κ1) is 14.8. The molecule has 1 aromatic heterocycles. The number of para-hydroxylation sites is 1. The van der Waals surface area contributed by atoms with E-state index in [1.807, 2.05) is 30.3 Å². The smallest absolute Gasteiger partial charge is 0.326 e. The topological polar surface area (TPSA) is 75.4 Å². The number of hydrogen-bond donors (Lipinski definition) is 1. The summed E-state index contributed by atoms with van der Waals surface area (Å²) in [6, 6.07) is 8.46. The Morgan fingerprint density at radius 2 is 2.00 bits per heavy atom. The molecule has 1 N–H and O–H groups in total. The van der Waals surface area contributed by atoms with Crippen molar-refractivity contribution in [2.45, 2.75) is 19.4 Å². The highest BCUT2D eigenvalue weighted by Crippen LogP contribution is 2.14. The van der Waals surface area contributed by atoms with Gasteiger partial charge in [-0.05, 0) is 18.6 Å². The van der Waals surface area contributed by atoms with Crippen molar-refractivity contribution in [3.63, 3.8) is 0 Å². The zero-order chi connectivity index (χ0) is 15.4. The van der Waals surface area contributed by atoms with Crippen LogP contribution in [0.5, 0.6) is 0 Å². The lowest BCUT2D eigenvalue weighted by Gasteiger charge is -2.24. The number of imidazole rings is 1. The fraction of sp³-hybridized carbons (Fsp3) is 0.267. The maximum absolute atomic E-state index is 12.5. The second-order valence-corrected chi connectivity index (χ2v) is 4.66. The monoisotopic (exact) mass is 287 g/mol. The Morgan fingerprint density at radius 1 is 1.33 bits per heavy atom. The first-order valence-corrected chi connectivity index (χ1v) is 6.64. The minimum Gasteiger partial charge on any atom is -0.480 e. The average molecular weight is 287 g/mol. The molecule has 1 unspecified atom stereocenters. The molecule has 1 heterocycles. The number of benzene rings is 1. The molecule has 0 saturated carbocycles. The minimum atomic E-state index is -1.01. The predicted octanol–water partition coefficient (Wildman–Crippen LogP) is 1.81. The molecule has 0 radical (unpaired) electrons. The third-order valence-corrected chi connectivity index (χ3v) is 3.35. The number of carboxylic acids is 1. The van der Waals surface area contributed by atoms with Crippen LogP contribution in [0.2, 0.25) is 0 Å². The van der Waals surface area contributed by atoms with E-state index in [9.17, 15) is 9.59 Å². The molecule has 2 aromatic rings. The van der Waals surface area contributed by atoms with Crippen molar-refractivity contribution in [3.05, 3.63) is 48.5 Å². The second-order valence-electron chi connectivity index (χ2n) is 4.66. The zero-order valence-electron chi connectivity index (χ0n) is 11.9. The molecule has 0 saturated heterocycles. The zero-order valence-corrected chi connectivity index (χ0v) is 11.9. The van der Waals surface area contributed by atoms with Crippen LogP contribution in [-0.2, 0) is 4.79 Å². The van der Waals surface area contributed by atoms with Crippen molar-refractivity contribution in [3.8, 4) is 5.69 Å². The molecular weight excluding hydrogens is 270 g/mol. The van der Waals surface area contributed by atoms with E-state index >= 15 is 0 Å². The summed E-state index contributed by atoms with van der Waals surface area (Å²) in [4.78, 5) is 28.9. The molecule has 0 bridgehead atoms. The number of carboxylic acid groups (broad SMARTS) is 1. The van der Waals surface area contributed by atoms with Crippen molar-refractivity contribution in [2.24, 2.45) is 0 Å². The van der Waals surface area contributed by atoms with E-state index in [-0.39, 0.29) is 5.91 Å². The summed E-state index contributed by atoms with van der Waals surface area (Å²) >= 11 is 0. The lowest BCUT2D eigenvalue weighted by molar-refractivity contribution is -0.142. The van der Waals surface area contributed by atoms with Crippen LogP contribution in [0.4, 0.5) is 0 Å². The largest absolute Gasteiger partial charge is 0.480 e. The summed E-state index contributed by atoms with van der Waals surface area (Å²) in [7, 11) is 1.49. The van der Waals surface area contributed by atoms with Crippen LogP contribution in [0.25, 0.3) is 5.69 Å². The van der Waals surface area contributed by atoms with E-state index in [1.54, 1.807) is 11.5 Å². The molecule has 1 amide bonds. The molecule has 1 aromatic carbocycles. The summed E-state index contributed by atoms with van der Waals surface area (Å²) in [6.45, 7) is 1.73. The number of amides is 1. The van der Waals surface area contributed by atoms with Crippen LogP contribution >= 0.6 is 0 Å². The fourth-order valence-corrected chi connectivity index (χ4v) is 2.18. The van der Waals surface area contributed by atoms with Gasteiger partial charge in [-0.15, -0.1) is 0 Å². The minimum absolute atomic E-state index is 0.336. The molecule has 110 valence electrons. The molecule has 6 nitrogen and oxygen atoms in total. The van der Waals surface area contributed by atoms with Gasteiger partial charge in [0.2, 0.25) is 0 Å². The number of carbonyl (C=O) groups is 2. The number of carbonyl (C=O) groups excluding carboxylic acids is 1. The highest BCUT2D eigenvalue weighted by atomic mass is 16.4. The Labute approximate surface area is 122 Å². The number of rotatable bonds is 5.